The summed E-state index contributed by atoms with van der Waals surface area (Å²) in [5.74, 6) is 0.171. The van der Waals surface area contributed by atoms with E-state index in [0.717, 1.165) is 56.0 Å². The minimum atomic E-state index is -0.0931. The molecule has 1 spiro atoms. The van der Waals surface area contributed by atoms with E-state index in [1.54, 1.807) is 0 Å². The van der Waals surface area contributed by atoms with Crippen LogP contribution in [0, 0.1) is 19.3 Å². The van der Waals surface area contributed by atoms with E-state index >= 15 is 0 Å². The van der Waals surface area contributed by atoms with Gasteiger partial charge in [0, 0.05) is 37.9 Å². The third-order valence-corrected chi connectivity index (χ3v) is 5.84. The molecule has 5 heteroatoms. The van der Waals surface area contributed by atoms with E-state index in [2.05, 4.69) is 22.2 Å². The van der Waals surface area contributed by atoms with Crippen LogP contribution in [0.5, 0.6) is 0 Å². The van der Waals surface area contributed by atoms with Crippen LogP contribution in [0.15, 0.2) is 0 Å². The molecule has 122 valence electrons. The quantitative estimate of drug-likeness (QED) is 0.905. The van der Waals surface area contributed by atoms with Gasteiger partial charge in [0.1, 0.15) is 0 Å². The molecule has 2 saturated heterocycles. The van der Waals surface area contributed by atoms with Crippen molar-refractivity contribution in [1.29, 1.82) is 0 Å². The third kappa shape index (κ3) is 2.56. The van der Waals surface area contributed by atoms with Gasteiger partial charge in [-0.05, 0) is 52.0 Å². The molecule has 1 aromatic rings. The summed E-state index contributed by atoms with van der Waals surface area (Å²) >= 11 is 0. The molecule has 5 nitrogen and oxygen atoms in total. The van der Waals surface area contributed by atoms with Crippen LogP contribution in [-0.4, -0.2) is 46.8 Å². The first-order valence-corrected chi connectivity index (χ1v) is 8.43. The van der Waals surface area contributed by atoms with Crippen molar-refractivity contribution in [1.82, 2.24) is 20.0 Å². The zero-order valence-corrected chi connectivity index (χ0v) is 14.3. The van der Waals surface area contributed by atoms with Crippen LogP contribution in [0.1, 0.15) is 49.1 Å². The van der Waals surface area contributed by atoms with E-state index in [-0.39, 0.29) is 11.8 Å². The molecule has 2 aliphatic rings. The third-order valence-electron chi connectivity index (χ3n) is 5.84. The average Bonchev–Trinajstić information content (AvgIpc) is 3.04. The van der Waals surface area contributed by atoms with Gasteiger partial charge in [0.15, 0.2) is 0 Å². The van der Waals surface area contributed by atoms with Crippen molar-refractivity contribution in [3.05, 3.63) is 17.0 Å². The lowest BCUT2D eigenvalue weighted by Crippen LogP contribution is -2.45. The molecule has 3 rings (SSSR count). The van der Waals surface area contributed by atoms with E-state index in [1.807, 2.05) is 25.6 Å². The number of aromatic nitrogens is 2. The predicted molar refractivity (Wildman–Crippen MR) is 86.8 cm³/mol. The second-order valence-electron chi connectivity index (χ2n) is 7.18. The topological polar surface area (TPSA) is 50.2 Å². The molecule has 1 atom stereocenters. The molecule has 0 saturated carbocycles. The number of nitrogens with one attached hydrogen (secondary N) is 1. The number of carbonyl (C=O) groups is 1. The van der Waals surface area contributed by atoms with Gasteiger partial charge < -0.3 is 10.2 Å². The highest BCUT2D eigenvalue weighted by atomic mass is 16.2. The van der Waals surface area contributed by atoms with E-state index in [1.165, 1.54) is 6.42 Å². The largest absolute Gasteiger partial charge is 0.342 e. The zero-order valence-electron chi connectivity index (χ0n) is 14.3. The Bertz CT molecular complexity index is 561. The molecule has 2 fully saturated rings. The highest BCUT2D eigenvalue weighted by molar-refractivity contribution is 5.84. The van der Waals surface area contributed by atoms with Gasteiger partial charge in [-0.25, -0.2) is 0 Å². The first-order chi connectivity index (χ1) is 10.4. The van der Waals surface area contributed by atoms with Crippen molar-refractivity contribution in [3.8, 4) is 0 Å². The van der Waals surface area contributed by atoms with Crippen molar-refractivity contribution in [2.75, 3.05) is 26.2 Å². The molecule has 0 aromatic carbocycles. The zero-order chi connectivity index (χ0) is 15.9. The number of rotatable bonds is 2. The van der Waals surface area contributed by atoms with Crippen LogP contribution in [-0.2, 0) is 11.8 Å². The number of aryl methyl sites for hydroxylation is 2. The first-order valence-electron chi connectivity index (χ1n) is 8.43. The van der Waals surface area contributed by atoms with E-state index in [0.29, 0.717) is 5.41 Å². The highest BCUT2D eigenvalue weighted by Crippen LogP contribution is 2.37. The predicted octanol–water partition coefficient (Wildman–Crippen LogP) is 1.74. The number of likely N-dealkylation sites (tertiary alicyclic amines) is 1. The molecule has 1 unspecified atom stereocenters. The van der Waals surface area contributed by atoms with E-state index in [9.17, 15) is 4.79 Å². The lowest BCUT2D eigenvalue weighted by atomic mass is 9.77. The Labute approximate surface area is 133 Å². The van der Waals surface area contributed by atoms with Gasteiger partial charge in [-0.3, -0.25) is 9.48 Å². The summed E-state index contributed by atoms with van der Waals surface area (Å²) < 4.78 is 1.88. The monoisotopic (exact) mass is 304 g/mol. The summed E-state index contributed by atoms with van der Waals surface area (Å²) in [6.45, 7) is 10.2. The molecule has 0 radical (unpaired) electrons. The minimum Gasteiger partial charge on any atom is -0.342 e. The van der Waals surface area contributed by atoms with Crippen molar-refractivity contribution in [2.24, 2.45) is 12.5 Å². The summed E-state index contributed by atoms with van der Waals surface area (Å²) in [6.07, 6.45) is 3.55. The second kappa shape index (κ2) is 5.69. The Kier molecular flexibility index (Phi) is 4.02. The number of piperidine rings is 1. The van der Waals surface area contributed by atoms with Gasteiger partial charge in [0.25, 0.3) is 0 Å². The fraction of sp³-hybridized carbons (Fsp3) is 0.765. The van der Waals surface area contributed by atoms with Gasteiger partial charge in [0.05, 0.1) is 11.6 Å². The van der Waals surface area contributed by atoms with Crippen LogP contribution in [0.25, 0.3) is 0 Å². The van der Waals surface area contributed by atoms with Crippen molar-refractivity contribution < 1.29 is 4.79 Å². The highest BCUT2D eigenvalue weighted by Gasteiger charge is 2.39. The van der Waals surface area contributed by atoms with Crippen LogP contribution in [0.4, 0.5) is 0 Å². The maximum atomic E-state index is 12.9. The smallest absolute Gasteiger partial charge is 0.229 e. The molecule has 22 heavy (non-hydrogen) atoms. The van der Waals surface area contributed by atoms with Crippen molar-refractivity contribution in [2.45, 2.75) is 46.0 Å². The van der Waals surface area contributed by atoms with Crippen LogP contribution in [0.3, 0.4) is 0 Å². The lowest BCUT2D eigenvalue weighted by molar-refractivity contribution is -0.134. The Balaban J connectivity index is 1.69. The molecule has 0 bridgehead atoms. The number of nitrogens with zero attached hydrogens (tertiary/aromatic N) is 3. The standard InChI is InChI=1S/C17H28N4O/c1-12(15-13(2)19-20(4)14(15)3)16(22)21-9-6-17(7-10-21)5-8-18-11-17/h12,18H,5-11H2,1-4H3. The maximum absolute atomic E-state index is 12.9. The second-order valence-corrected chi connectivity index (χ2v) is 7.18. The molecular formula is C17H28N4O. The molecule has 0 aliphatic carbocycles. The van der Waals surface area contributed by atoms with Crippen molar-refractivity contribution in [3.63, 3.8) is 0 Å². The van der Waals surface area contributed by atoms with Gasteiger partial charge >= 0.3 is 0 Å². The normalized spacial score (nSPS) is 22.3. The summed E-state index contributed by atoms with van der Waals surface area (Å²) in [5.41, 5.74) is 3.65. The minimum absolute atomic E-state index is 0.0931. The van der Waals surface area contributed by atoms with Crippen LogP contribution < -0.4 is 5.32 Å². The Hall–Kier alpha value is -1.36. The summed E-state index contributed by atoms with van der Waals surface area (Å²) in [4.78, 5) is 15.0. The van der Waals surface area contributed by atoms with E-state index < -0.39 is 0 Å². The average molecular weight is 304 g/mol. The molecule has 2 aliphatic heterocycles. The number of amides is 1. The van der Waals surface area contributed by atoms with Gasteiger partial charge in [-0.15, -0.1) is 0 Å². The molecule has 3 heterocycles. The van der Waals surface area contributed by atoms with Gasteiger partial charge in [-0.1, -0.05) is 0 Å². The van der Waals surface area contributed by atoms with Crippen LogP contribution in [0.2, 0.25) is 0 Å². The number of hydrogen-bond donors (Lipinski definition) is 1. The van der Waals surface area contributed by atoms with Gasteiger partial charge in [0.2, 0.25) is 5.91 Å². The fourth-order valence-electron chi connectivity index (χ4n) is 4.24. The molecule has 1 aromatic heterocycles. The Morgan fingerprint density at radius 2 is 1.95 bits per heavy atom. The first kappa shape index (κ1) is 15.5. The SMILES string of the molecule is Cc1nn(C)c(C)c1C(C)C(=O)N1CCC2(CCNC2)CC1. The van der Waals surface area contributed by atoms with Gasteiger partial charge in [-0.2, -0.15) is 5.10 Å². The lowest BCUT2D eigenvalue weighted by Gasteiger charge is -2.39. The summed E-state index contributed by atoms with van der Waals surface area (Å²) in [7, 11) is 1.95. The number of carbonyl (C=O) groups excluding carboxylic acids is 1. The Morgan fingerprint density at radius 1 is 1.27 bits per heavy atom. The molecular weight excluding hydrogens is 276 g/mol. The molecule has 1 amide bonds. The number of hydrogen-bond acceptors (Lipinski definition) is 3. The molecule has 1 N–H and O–H groups in total. The summed E-state index contributed by atoms with van der Waals surface area (Å²) in [5, 5.41) is 7.93. The van der Waals surface area contributed by atoms with Crippen molar-refractivity contribution >= 4 is 5.91 Å². The van der Waals surface area contributed by atoms with Crippen LogP contribution >= 0.6 is 0 Å². The maximum Gasteiger partial charge on any atom is 0.229 e. The fourth-order valence-corrected chi connectivity index (χ4v) is 4.24. The summed E-state index contributed by atoms with van der Waals surface area (Å²) in [6, 6.07) is 0. The van der Waals surface area contributed by atoms with E-state index in [4.69, 9.17) is 0 Å². The Morgan fingerprint density at radius 3 is 2.45 bits per heavy atom.